The molecule has 0 saturated carbocycles. The molecule has 0 N–H and O–H groups in total. The summed E-state index contributed by atoms with van der Waals surface area (Å²) in [4.78, 5) is 4.29. The Bertz CT molecular complexity index is 85.1. The van der Waals surface area contributed by atoms with Gasteiger partial charge in [0, 0.05) is 0 Å². The van der Waals surface area contributed by atoms with Gasteiger partial charge >= 0.3 is 0 Å². The number of nitrogens with zero attached hydrogens (tertiary/aromatic N) is 1. The van der Waals surface area contributed by atoms with Gasteiger partial charge in [-0.25, -0.2) is 4.39 Å². The van der Waals surface area contributed by atoms with Crippen molar-refractivity contribution >= 4 is 6.21 Å². The molecule has 0 fully saturated rings. The number of alkyl halides is 1. The molecule has 0 aliphatic rings. The monoisotopic (exact) mass is 133 g/mol. The van der Waals surface area contributed by atoms with Gasteiger partial charge in [0.05, 0.1) is 6.21 Å². The van der Waals surface area contributed by atoms with E-state index in [9.17, 15) is 4.39 Å². The van der Waals surface area contributed by atoms with Gasteiger partial charge < -0.3 is 4.84 Å². The number of hydrogen-bond acceptors (Lipinski definition) is 2. The van der Waals surface area contributed by atoms with Crippen molar-refractivity contribution in [3.05, 3.63) is 0 Å². The Morgan fingerprint density at radius 3 is 2.89 bits per heavy atom. The quantitative estimate of drug-likeness (QED) is 0.423. The molecule has 0 aromatic carbocycles. The van der Waals surface area contributed by atoms with Crippen LogP contribution in [0.4, 0.5) is 4.39 Å². The number of halogens is 1. The molecule has 0 rings (SSSR count). The van der Waals surface area contributed by atoms with Crippen LogP contribution in [0, 0.1) is 0 Å². The summed E-state index contributed by atoms with van der Waals surface area (Å²) in [5.74, 6) is 0. The van der Waals surface area contributed by atoms with Gasteiger partial charge in [-0.2, -0.15) is 0 Å². The second-order valence-electron chi connectivity index (χ2n) is 1.74. The molecule has 9 heavy (non-hydrogen) atoms. The van der Waals surface area contributed by atoms with E-state index in [4.69, 9.17) is 0 Å². The van der Waals surface area contributed by atoms with Crippen molar-refractivity contribution < 1.29 is 9.23 Å². The summed E-state index contributed by atoms with van der Waals surface area (Å²) in [6, 6.07) is 0. The van der Waals surface area contributed by atoms with Crippen molar-refractivity contribution in [3.63, 3.8) is 0 Å². The van der Waals surface area contributed by atoms with E-state index < -0.39 is 6.17 Å². The number of oxime groups is 1. The second-order valence-corrected chi connectivity index (χ2v) is 1.74. The topological polar surface area (TPSA) is 21.6 Å². The van der Waals surface area contributed by atoms with Crippen LogP contribution >= 0.6 is 0 Å². The molecular formula is C6H12FNO. The van der Waals surface area contributed by atoms with Gasteiger partial charge in [0.2, 0.25) is 0 Å². The van der Waals surface area contributed by atoms with E-state index in [2.05, 4.69) is 9.99 Å². The highest BCUT2D eigenvalue weighted by Gasteiger charge is 1.98. The standard InChI is InChI=1S/C6H12FNO/c1-3-4-6(7)5-8-9-2/h5-6H,3-4H2,1-2H3. The van der Waals surface area contributed by atoms with Crippen LogP contribution in [0.15, 0.2) is 5.16 Å². The summed E-state index contributed by atoms with van der Waals surface area (Å²) in [7, 11) is 1.40. The van der Waals surface area contributed by atoms with Crippen LogP contribution in [-0.2, 0) is 4.84 Å². The average molecular weight is 133 g/mol. The van der Waals surface area contributed by atoms with Crippen LogP contribution in [0.2, 0.25) is 0 Å². The molecule has 2 nitrogen and oxygen atoms in total. The third-order valence-corrected chi connectivity index (χ3v) is 0.892. The number of hydrogen-bond donors (Lipinski definition) is 0. The van der Waals surface area contributed by atoms with Crippen LogP contribution in [-0.4, -0.2) is 19.5 Å². The SMILES string of the molecule is CCCC(F)C=NOC. The fourth-order valence-corrected chi connectivity index (χ4v) is 0.477. The van der Waals surface area contributed by atoms with Gasteiger partial charge in [-0.3, -0.25) is 0 Å². The molecule has 1 atom stereocenters. The summed E-state index contributed by atoms with van der Waals surface area (Å²) in [5, 5.41) is 3.29. The van der Waals surface area contributed by atoms with Crippen molar-refractivity contribution in [1.29, 1.82) is 0 Å². The maximum absolute atomic E-state index is 12.4. The normalized spacial score (nSPS) is 14.1. The predicted octanol–water partition coefficient (Wildman–Crippen LogP) is 1.76. The maximum atomic E-state index is 12.4. The molecule has 0 aromatic rings. The second kappa shape index (κ2) is 5.54. The highest BCUT2D eigenvalue weighted by molar-refractivity contribution is 5.61. The molecule has 0 saturated heterocycles. The molecule has 0 aliphatic carbocycles. The Morgan fingerprint density at radius 1 is 1.78 bits per heavy atom. The molecule has 0 radical (unpaired) electrons. The van der Waals surface area contributed by atoms with E-state index in [0.717, 1.165) is 6.42 Å². The van der Waals surface area contributed by atoms with Crippen molar-refractivity contribution in [3.8, 4) is 0 Å². The first-order chi connectivity index (χ1) is 4.31. The Kier molecular flexibility index (Phi) is 5.17. The van der Waals surface area contributed by atoms with Gasteiger partial charge in [0.1, 0.15) is 13.3 Å². The molecule has 0 aliphatic heterocycles. The third-order valence-electron chi connectivity index (χ3n) is 0.892. The van der Waals surface area contributed by atoms with Crippen LogP contribution < -0.4 is 0 Å². The zero-order valence-electron chi connectivity index (χ0n) is 5.80. The summed E-state index contributed by atoms with van der Waals surface area (Å²) in [6.07, 6.45) is 1.57. The van der Waals surface area contributed by atoms with E-state index in [1.165, 1.54) is 13.3 Å². The van der Waals surface area contributed by atoms with Crippen LogP contribution in [0.1, 0.15) is 19.8 Å². The molecule has 0 aromatic heterocycles. The molecule has 0 amide bonds. The Labute approximate surface area is 54.7 Å². The summed E-state index contributed by atoms with van der Waals surface area (Å²) >= 11 is 0. The number of rotatable bonds is 4. The minimum absolute atomic E-state index is 0.521. The first-order valence-electron chi connectivity index (χ1n) is 3.02. The Morgan fingerprint density at radius 2 is 2.44 bits per heavy atom. The molecule has 0 spiro atoms. The van der Waals surface area contributed by atoms with Crippen molar-refractivity contribution in [1.82, 2.24) is 0 Å². The molecule has 3 heteroatoms. The molecular weight excluding hydrogens is 121 g/mol. The Hall–Kier alpha value is -0.600. The zero-order chi connectivity index (χ0) is 7.11. The Balaban J connectivity index is 3.25. The lowest BCUT2D eigenvalue weighted by Crippen LogP contribution is -1.99. The predicted molar refractivity (Wildman–Crippen MR) is 35.3 cm³/mol. The third kappa shape index (κ3) is 5.27. The zero-order valence-corrected chi connectivity index (χ0v) is 5.80. The lowest BCUT2D eigenvalue weighted by molar-refractivity contribution is 0.211. The molecule has 0 heterocycles. The summed E-state index contributed by atoms with van der Waals surface area (Å²) < 4.78 is 12.4. The molecule has 1 unspecified atom stereocenters. The smallest absolute Gasteiger partial charge is 0.138 e. The molecule has 54 valence electrons. The fourth-order valence-electron chi connectivity index (χ4n) is 0.477. The van der Waals surface area contributed by atoms with Crippen LogP contribution in [0.3, 0.4) is 0 Å². The van der Waals surface area contributed by atoms with Crippen molar-refractivity contribution in [2.45, 2.75) is 25.9 Å². The lowest BCUT2D eigenvalue weighted by Gasteiger charge is -1.95. The maximum Gasteiger partial charge on any atom is 0.138 e. The highest BCUT2D eigenvalue weighted by atomic mass is 19.1. The van der Waals surface area contributed by atoms with Gasteiger partial charge in [0.25, 0.3) is 0 Å². The van der Waals surface area contributed by atoms with Crippen molar-refractivity contribution in [2.75, 3.05) is 7.11 Å². The summed E-state index contributed by atoms with van der Waals surface area (Å²) in [6.45, 7) is 1.92. The van der Waals surface area contributed by atoms with Gasteiger partial charge in [0.15, 0.2) is 0 Å². The first kappa shape index (κ1) is 8.40. The highest BCUT2D eigenvalue weighted by Crippen LogP contribution is 1.97. The summed E-state index contributed by atoms with van der Waals surface area (Å²) in [5.41, 5.74) is 0. The molecule has 0 bridgehead atoms. The minimum atomic E-state index is -0.949. The van der Waals surface area contributed by atoms with Crippen LogP contribution in [0.5, 0.6) is 0 Å². The van der Waals surface area contributed by atoms with Gasteiger partial charge in [-0.05, 0) is 6.42 Å². The van der Waals surface area contributed by atoms with Crippen molar-refractivity contribution in [2.24, 2.45) is 5.16 Å². The van der Waals surface area contributed by atoms with E-state index in [1.54, 1.807) is 0 Å². The van der Waals surface area contributed by atoms with E-state index in [0.29, 0.717) is 6.42 Å². The largest absolute Gasteiger partial charge is 0.399 e. The van der Waals surface area contributed by atoms with E-state index >= 15 is 0 Å². The van der Waals surface area contributed by atoms with Crippen LogP contribution in [0.25, 0.3) is 0 Å². The van der Waals surface area contributed by atoms with Gasteiger partial charge in [-0.15, -0.1) is 0 Å². The fraction of sp³-hybridized carbons (Fsp3) is 0.833. The van der Waals surface area contributed by atoms with E-state index in [-0.39, 0.29) is 0 Å². The lowest BCUT2D eigenvalue weighted by atomic mass is 10.2. The minimum Gasteiger partial charge on any atom is -0.399 e. The van der Waals surface area contributed by atoms with Gasteiger partial charge in [-0.1, -0.05) is 18.5 Å². The average Bonchev–Trinajstić information content (AvgIpc) is 1.85. The van der Waals surface area contributed by atoms with E-state index in [1.807, 2.05) is 6.92 Å². The first-order valence-corrected chi connectivity index (χ1v) is 3.02.